The first kappa shape index (κ1) is 16.8. The summed E-state index contributed by atoms with van der Waals surface area (Å²) in [6, 6.07) is 5.13. The molecule has 0 aliphatic rings. The van der Waals surface area contributed by atoms with Crippen molar-refractivity contribution in [2.45, 2.75) is 19.8 Å². The largest absolute Gasteiger partial charge is 0.359 e. The van der Waals surface area contributed by atoms with Crippen LogP contribution >= 0.6 is 11.6 Å². The van der Waals surface area contributed by atoms with Crippen LogP contribution in [0, 0.1) is 6.92 Å². The Labute approximate surface area is 125 Å². The molecule has 1 aromatic carbocycles. The summed E-state index contributed by atoms with van der Waals surface area (Å²) in [5.74, 6) is -0.110. The van der Waals surface area contributed by atoms with Gasteiger partial charge in [0.15, 0.2) is 0 Å². The quantitative estimate of drug-likeness (QED) is 0.871. The topological polar surface area (TPSA) is 66.5 Å². The molecule has 0 spiro atoms. The third kappa shape index (κ3) is 4.38. The minimum Gasteiger partial charge on any atom is -0.359 e. The van der Waals surface area contributed by atoms with E-state index in [4.69, 9.17) is 11.6 Å². The number of sulfonamides is 1. The van der Waals surface area contributed by atoms with Crippen LogP contribution in [-0.4, -0.2) is 34.2 Å². The lowest BCUT2D eigenvalue weighted by molar-refractivity contribution is -0.120. The van der Waals surface area contributed by atoms with Gasteiger partial charge in [0.05, 0.1) is 11.9 Å². The van der Waals surface area contributed by atoms with E-state index in [1.54, 1.807) is 32.2 Å². The summed E-state index contributed by atoms with van der Waals surface area (Å²) >= 11 is 6.03. The highest BCUT2D eigenvalue weighted by Gasteiger charge is 2.20. The summed E-state index contributed by atoms with van der Waals surface area (Å²) in [7, 11) is -1.87. The summed E-state index contributed by atoms with van der Waals surface area (Å²) in [5, 5.41) is 3.03. The molecule has 0 unspecified atom stereocenters. The van der Waals surface area contributed by atoms with Gasteiger partial charge in [-0.1, -0.05) is 17.7 Å². The Morgan fingerprint density at radius 1 is 1.40 bits per heavy atom. The van der Waals surface area contributed by atoms with Crippen molar-refractivity contribution < 1.29 is 13.2 Å². The molecule has 1 N–H and O–H groups in total. The zero-order valence-corrected chi connectivity index (χ0v) is 13.4. The maximum atomic E-state index is 11.9. The van der Waals surface area contributed by atoms with Gasteiger partial charge in [-0.2, -0.15) is 0 Å². The Morgan fingerprint density at radius 3 is 2.60 bits per heavy atom. The van der Waals surface area contributed by atoms with Crippen LogP contribution in [0.1, 0.15) is 18.4 Å². The molecule has 0 fully saturated rings. The number of nitrogens with zero attached hydrogens (tertiary/aromatic N) is 1. The van der Waals surface area contributed by atoms with Crippen molar-refractivity contribution in [3.05, 3.63) is 28.8 Å². The molecule has 0 saturated carbocycles. The van der Waals surface area contributed by atoms with Crippen molar-refractivity contribution in [3.63, 3.8) is 0 Å². The fraction of sp³-hybridized carbons (Fsp3) is 0.462. The normalized spacial score (nSPS) is 11.2. The van der Waals surface area contributed by atoms with E-state index in [1.807, 2.05) is 0 Å². The molecule has 0 radical (unpaired) electrons. The first-order chi connectivity index (χ1) is 9.27. The number of halogens is 1. The van der Waals surface area contributed by atoms with Crippen LogP contribution in [0.3, 0.4) is 0 Å². The molecule has 0 aliphatic heterocycles. The Kier molecular flexibility index (Phi) is 5.83. The van der Waals surface area contributed by atoms with Crippen molar-refractivity contribution >= 4 is 33.2 Å². The van der Waals surface area contributed by atoms with E-state index in [0.717, 1.165) is 6.26 Å². The lowest BCUT2D eigenvalue weighted by Gasteiger charge is -2.24. The molecule has 0 bridgehead atoms. The number of carbonyl (C=O) groups is 1. The van der Waals surface area contributed by atoms with E-state index < -0.39 is 10.0 Å². The molecule has 1 rings (SSSR count). The van der Waals surface area contributed by atoms with E-state index in [-0.39, 0.29) is 18.9 Å². The monoisotopic (exact) mass is 318 g/mol. The smallest absolute Gasteiger partial charge is 0.232 e. The maximum Gasteiger partial charge on any atom is 0.232 e. The lowest BCUT2D eigenvalue weighted by atomic mass is 10.2. The van der Waals surface area contributed by atoms with Gasteiger partial charge in [0, 0.05) is 25.0 Å². The Balaban J connectivity index is 2.97. The molecule has 20 heavy (non-hydrogen) atoms. The minimum atomic E-state index is -3.42. The number of benzene rings is 1. The third-order valence-corrected chi connectivity index (χ3v) is 4.54. The van der Waals surface area contributed by atoms with Gasteiger partial charge in [0.25, 0.3) is 0 Å². The van der Waals surface area contributed by atoms with Crippen molar-refractivity contribution in [2.75, 3.05) is 24.2 Å². The number of amides is 1. The molecular weight excluding hydrogens is 300 g/mol. The number of carbonyl (C=O) groups excluding carboxylic acids is 1. The molecule has 0 atom stereocenters. The molecule has 5 nitrogen and oxygen atoms in total. The second-order valence-corrected chi connectivity index (χ2v) is 6.81. The van der Waals surface area contributed by atoms with Crippen LogP contribution in [0.5, 0.6) is 0 Å². The van der Waals surface area contributed by atoms with E-state index >= 15 is 0 Å². The number of nitrogens with one attached hydrogen (secondary N) is 1. The zero-order valence-electron chi connectivity index (χ0n) is 11.8. The summed E-state index contributed by atoms with van der Waals surface area (Å²) in [4.78, 5) is 11.2. The minimum absolute atomic E-state index is 0.110. The average molecular weight is 319 g/mol. The van der Waals surface area contributed by atoms with Gasteiger partial charge in [-0.3, -0.25) is 9.10 Å². The van der Waals surface area contributed by atoms with Gasteiger partial charge < -0.3 is 5.32 Å². The van der Waals surface area contributed by atoms with Crippen molar-refractivity contribution in [1.82, 2.24) is 5.32 Å². The Morgan fingerprint density at radius 2 is 2.05 bits per heavy atom. The van der Waals surface area contributed by atoms with Crippen LogP contribution in [0.2, 0.25) is 5.02 Å². The SMILES string of the molecule is CNC(=O)CCCN(c1cccc(Cl)c1C)S(C)(=O)=O. The average Bonchev–Trinajstić information content (AvgIpc) is 2.37. The van der Waals surface area contributed by atoms with Crippen molar-refractivity contribution in [2.24, 2.45) is 0 Å². The predicted molar refractivity (Wildman–Crippen MR) is 81.7 cm³/mol. The van der Waals surface area contributed by atoms with Gasteiger partial charge >= 0.3 is 0 Å². The second kappa shape index (κ2) is 6.95. The number of rotatable bonds is 6. The Hall–Kier alpha value is -1.27. The van der Waals surface area contributed by atoms with Gasteiger partial charge in [0.2, 0.25) is 15.9 Å². The van der Waals surface area contributed by atoms with Crippen LogP contribution in [-0.2, 0) is 14.8 Å². The lowest BCUT2D eigenvalue weighted by Crippen LogP contribution is -2.32. The standard InChI is InChI=1S/C13H19ClN2O3S/c1-10-11(14)6-4-7-12(10)16(20(3,18)19)9-5-8-13(17)15-2/h4,6-7H,5,8-9H2,1-3H3,(H,15,17). The van der Waals surface area contributed by atoms with Crippen LogP contribution in [0.4, 0.5) is 5.69 Å². The molecule has 0 aliphatic carbocycles. The van der Waals surface area contributed by atoms with Gasteiger partial charge in [-0.05, 0) is 31.0 Å². The Bertz CT molecular complexity index is 587. The number of hydrogen-bond acceptors (Lipinski definition) is 3. The molecule has 7 heteroatoms. The number of anilines is 1. The molecule has 112 valence electrons. The second-order valence-electron chi connectivity index (χ2n) is 4.50. The van der Waals surface area contributed by atoms with Crippen LogP contribution in [0.15, 0.2) is 18.2 Å². The summed E-state index contributed by atoms with van der Waals surface area (Å²) in [6.07, 6.45) is 1.87. The molecule has 0 heterocycles. The summed E-state index contributed by atoms with van der Waals surface area (Å²) in [6.45, 7) is 2.02. The van der Waals surface area contributed by atoms with E-state index in [9.17, 15) is 13.2 Å². The third-order valence-electron chi connectivity index (χ3n) is 2.95. The molecular formula is C13H19ClN2O3S. The predicted octanol–water partition coefficient (Wildman–Crippen LogP) is 1.94. The van der Waals surface area contributed by atoms with Gasteiger partial charge in [-0.25, -0.2) is 8.42 Å². The van der Waals surface area contributed by atoms with Crippen LogP contribution < -0.4 is 9.62 Å². The van der Waals surface area contributed by atoms with Crippen molar-refractivity contribution in [3.8, 4) is 0 Å². The highest BCUT2D eigenvalue weighted by molar-refractivity contribution is 7.92. The van der Waals surface area contributed by atoms with E-state index in [1.165, 1.54) is 4.31 Å². The molecule has 0 aromatic heterocycles. The van der Waals surface area contributed by atoms with E-state index in [2.05, 4.69) is 5.32 Å². The zero-order chi connectivity index (χ0) is 15.3. The fourth-order valence-corrected chi connectivity index (χ4v) is 3.02. The molecule has 1 aromatic rings. The fourth-order valence-electron chi connectivity index (χ4n) is 1.84. The molecule has 1 amide bonds. The highest BCUT2D eigenvalue weighted by Crippen LogP contribution is 2.28. The van der Waals surface area contributed by atoms with Gasteiger partial charge in [-0.15, -0.1) is 0 Å². The van der Waals surface area contributed by atoms with Crippen LogP contribution in [0.25, 0.3) is 0 Å². The van der Waals surface area contributed by atoms with Gasteiger partial charge in [0.1, 0.15) is 0 Å². The first-order valence-electron chi connectivity index (χ1n) is 6.20. The summed E-state index contributed by atoms with van der Waals surface area (Å²) in [5.41, 5.74) is 1.26. The molecule has 0 saturated heterocycles. The first-order valence-corrected chi connectivity index (χ1v) is 8.43. The van der Waals surface area contributed by atoms with Crippen molar-refractivity contribution in [1.29, 1.82) is 0 Å². The maximum absolute atomic E-state index is 11.9. The summed E-state index contributed by atoms with van der Waals surface area (Å²) < 4.78 is 25.1. The number of hydrogen-bond donors (Lipinski definition) is 1. The van der Waals surface area contributed by atoms with E-state index in [0.29, 0.717) is 22.7 Å². The highest BCUT2D eigenvalue weighted by atomic mass is 35.5.